The van der Waals surface area contributed by atoms with Crippen molar-refractivity contribution < 1.29 is 14.7 Å². The van der Waals surface area contributed by atoms with Crippen molar-refractivity contribution in [3.63, 3.8) is 0 Å². The summed E-state index contributed by atoms with van der Waals surface area (Å²) in [6.07, 6.45) is 1.54. The minimum Gasteiger partial charge on any atom is -0.472 e. The molecule has 0 bridgehead atoms. The second-order valence-corrected chi connectivity index (χ2v) is 2.48. The fourth-order valence-corrected chi connectivity index (χ4v) is 0.819. The minimum absolute atomic E-state index is 0.210. The van der Waals surface area contributed by atoms with Gasteiger partial charge in [0.05, 0.1) is 5.56 Å². The number of carbonyl (C=O) groups excluding carboxylic acids is 1. The van der Waals surface area contributed by atoms with Gasteiger partial charge in [0.1, 0.15) is 0 Å². The number of aliphatic carboxylic acids is 1. The average Bonchev–Trinajstić information content (AvgIpc) is 2.20. The average molecular weight is 190 g/mol. The van der Waals surface area contributed by atoms with Gasteiger partial charge in [0.15, 0.2) is 0 Å². The van der Waals surface area contributed by atoms with Crippen LogP contribution in [-0.4, -0.2) is 29.3 Å². The van der Waals surface area contributed by atoms with Gasteiger partial charge in [-0.05, 0) is 12.1 Å². The number of nitrogens with zero attached hydrogens (tertiary/aromatic N) is 1. The molecule has 0 amide bonds. The van der Waals surface area contributed by atoms with E-state index in [0.717, 1.165) is 5.56 Å². The lowest BCUT2D eigenvalue weighted by Gasteiger charge is -1.80. The predicted octanol–water partition coefficient (Wildman–Crippen LogP) is -0.103. The fourth-order valence-electron chi connectivity index (χ4n) is 0.819. The van der Waals surface area contributed by atoms with Crippen LogP contribution in [0.3, 0.4) is 0 Å². The Bertz CT molecular complexity index is 403. The molecule has 4 heteroatoms. The Morgan fingerprint density at radius 1 is 1.29 bits per heavy atom. The molecule has 0 aliphatic carbocycles. The molecule has 0 unspecified atom stereocenters. The molecule has 0 saturated heterocycles. The first-order valence-electron chi connectivity index (χ1n) is 3.88. The molecule has 70 valence electrons. The smallest absolute Gasteiger partial charge is 0.449 e. The highest BCUT2D eigenvalue weighted by Crippen LogP contribution is 1.91. The molecule has 0 heterocycles. The molecule has 1 aromatic rings. The third-order valence-corrected chi connectivity index (χ3v) is 1.48. The van der Waals surface area contributed by atoms with Gasteiger partial charge >= 0.3 is 17.9 Å². The van der Waals surface area contributed by atoms with Gasteiger partial charge in [0.25, 0.3) is 0 Å². The highest BCUT2D eigenvalue weighted by atomic mass is 16.4. The van der Waals surface area contributed by atoms with E-state index in [1.54, 1.807) is 24.3 Å². The Morgan fingerprint density at radius 2 is 1.93 bits per heavy atom. The molecule has 0 atom stereocenters. The molecule has 0 aromatic heterocycles. The third-order valence-electron chi connectivity index (χ3n) is 1.48. The molecule has 1 N–H and O–H groups in total. The van der Waals surface area contributed by atoms with E-state index in [-0.39, 0.29) is 6.29 Å². The maximum atomic E-state index is 10.4. The van der Waals surface area contributed by atoms with Crippen LogP contribution in [0.5, 0.6) is 0 Å². The Hall–Kier alpha value is -2.19. The highest BCUT2D eigenvalue weighted by Gasteiger charge is 2.17. The summed E-state index contributed by atoms with van der Waals surface area (Å²) >= 11 is 0. The molecule has 4 nitrogen and oxygen atoms in total. The summed E-state index contributed by atoms with van der Waals surface area (Å²) in [5, 5.41) is 8.47. The molecular formula is C10H8NO3+. The number of aldehydes is 1. The summed E-state index contributed by atoms with van der Waals surface area (Å²) in [6, 6.07) is 8.94. The summed E-state index contributed by atoms with van der Waals surface area (Å²) in [7, 11) is 0. The molecule has 0 aliphatic rings. The van der Waals surface area contributed by atoms with Crippen molar-refractivity contribution in [2.75, 3.05) is 0 Å². The quantitative estimate of drug-likeness (QED) is 0.313. The van der Waals surface area contributed by atoms with E-state index >= 15 is 0 Å². The van der Waals surface area contributed by atoms with Crippen LogP contribution in [0, 0.1) is 0 Å². The van der Waals surface area contributed by atoms with E-state index in [4.69, 9.17) is 5.11 Å². The maximum absolute atomic E-state index is 10.4. The van der Waals surface area contributed by atoms with Crippen molar-refractivity contribution >= 4 is 24.2 Å². The summed E-state index contributed by atoms with van der Waals surface area (Å²) in [5.41, 5.74) is 0.238. The number of hydrogen-bond acceptors (Lipinski definition) is 2. The number of carbonyl (C=O) groups is 2. The maximum Gasteiger partial charge on any atom is 0.449 e. The number of carboxylic acid groups (broad SMARTS) is 1. The van der Waals surface area contributed by atoms with E-state index < -0.39 is 11.7 Å². The summed E-state index contributed by atoms with van der Waals surface area (Å²) in [6.45, 7) is 0. The lowest BCUT2D eigenvalue weighted by molar-refractivity contribution is -0.129. The van der Waals surface area contributed by atoms with Crippen LogP contribution in [-0.2, 0) is 9.59 Å². The van der Waals surface area contributed by atoms with Gasteiger partial charge in [-0.3, -0.25) is 4.79 Å². The zero-order valence-electron chi connectivity index (χ0n) is 7.25. The van der Waals surface area contributed by atoms with Gasteiger partial charge in [-0.1, -0.05) is 22.9 Å². The number of rotatable bonds is 3. The van der Waals surface area contributed by atoms with Crippen LogP contribution in [0.15, 0.2) is 30.3 Å². The lowest BCUT2D eigenvalue weighted by atomic mass is 10.2. The van der Waals surface area contributed by atoms with E-state index in [0.29, 0.717) is 0 Å². The van der Waals surface area contributed by atoms with E-state index in [1.165, 1.54) is 6.21 Å². The minimum atomic E-state index is -1.33. The van der Waals surface area contributed by atoms with Crippen LogP contribution in [0.1, 0.15) is 5.56 Å². The van der Waals surface area contributed by atoms with Gasteiger partial charge in [0.2, 0.25) is 6.29 Å². The first-order valence-corrected chi connectivity index (χ1v) is 3.88. The van der Waals surface area contributed by atoms with Crippen LogP contribution >= 0.6 is 0 Å². The SMILES string of the molecule is O=CC(=[N+]=Cc1ccccc1)C(=O)O. The van der Waals surface area contributed by atoms with Gasteiger partial charge in [-0.15, -0.1) is 0 Å². The molecule has 1 aromatic carbocycles. The standard InChI is InChI=1S/C10H7NO3/c12-7-9(10(13)14)11-6-8-4-2-1-3-5-8/h1-7H/p+1. The largest absolute Gasteiger partial charge is 0.472 e. The van der Waals surface area contributed by atoms with Crippen molar-refractivity contribution in [3.8, 4) is 0 Å². The molecule has 0 fully saturated rings. The fraction of sp³-hybridized carbons (Fsp3) is 0. The Labute approximate surface area is 80.2 Å². The molecule has 0 radical (unpaired) electrons. The van der Waals surface area contributed by atoms with Crippen molar-refractivity contribution in [1.29, 1.82) is 0 Å². The molecule has 1 rings (SSSR count). The Morgan fingerprint density at radius 3 is 2.43 bits per heavy atom. The summed E-state index contributed by atoms with van der Waals surface area (Å²) < 4.78 is 3.54. The number of hydrogen-bond donors (Lipinski definition) is 1. The normalized spacial score (nSPS) is 8.57. The van der Waals surface area contributed by atoms with Crippen molar-refractivity contribution in [3.05, 3.63) is 35.9 Å². The highest BCUT2D eigenvalue weighted by molar-refractivity contribution is 6.57. The first kappa shape index (κ1) is 9.89. The Kier molecular flexibility index (Phi) is 3.35. The van der Waals surface area contributed by atoms with E-state index in [2.05, 4.69) is 4.67 Å². The number of benzene rings is 1. The monoisotopic (exact) mass is 190 g/mol. The first-order chi connectivity index (χ1) is 6.74. The molecule has 0 saturated carbocycles. The molecule has 0 spiro atoms. The van der Waals surface area contributed by atoms with Crippen LogP contribution in [0.4, 0.5) is 0 Å². The predicted molar refractivity (Wildman–Crippen MR) is 52.4 cm³/mol. The van der Waals surface area contributed by atoms with Crippen molar-refractivity contribution in [2.45, 2.75) is 0 Å². The number of carboxylic acids is 1. The summed E-state index contributed by atoms with van der Waals surface area (Å²) in [5.74, 6) is -1.33. The zero-order valence-corrected chi connectivity index (χ0v) is 7.25. The van der Waals surface area contributed by atoms with Gasteiger partial charge < -0.3 is 5.11 Å². The van der Waals surface area contributed by atoms with Crippen LogP contribution in [0.2, 0.25) is 0 Å². The zero-order chi connectivity index (χ0) is 10.4. The third kappa shape index (κ3) is 2.69. The second kappa shape index (κ2) is 4.74. The van der Waals surface area contributed by atoms with Gasteiger partial charge in [-0.25, -0.2) is 4.79 Å². The van der Waals surface area contributed by atoms with Crippen molar-refractivity contribution in [2.24, 2.45) is 0 Å². The van der Waals surface area contributed by atoms with Gasteiger partial charge in [-0.2, -0.15) is 0 Å². The van der Waals surface area contributed by atoms with Crippen LogP contribution < -0.4 is 4.67 Å². The van der Waals surface area contributed by atoms with Gasteiger partial charge in [0, 0.05) is 0 Å². The molecule has 0 aliphatic heterocycles. The van der Waals surface area contributed by atoms with E-state index in [9.17, 15) is 9.59 Å². The summed E-state index contributed by atoms with van der Waals surface area (Å²) in [4.78, 5) is 20.6. The van der Waals surface area contributed by atoms with Crippen LogP contribution in [0.25, 0.3) is 0 Å². The van der Waals surface area contributed by atoms with Crippen molar-refractivity contribution in [1.82, 2.24) is 4.67 Å². The van der Waals surface area contributed by atoms with E-state index in [1.807, 2.05) is 6.07 Å². The Balaban J connectivity index is 3.01. The molecular weight excluding hydrogens is 182 g/mol. The molecule has 14 heavy (non-hydrogen) atoms. The topological polar surface area (TPSA) is 68.5 Å². The lowest BCUT2D eigenvalue weighted by Crippen LogP contribution is -2.17. The second-order valence-electron chi connectivity index (χ2n) is 2.48.